The van der Waals surface area contributed by atoms with Crippen molar-refractivity contribution in [3.63, 3.8) is 0 Å². The molecule has 0 aliphatic heterocycles. The van der Waals surface area contributed by atoms with Crippen LogP contribution in [-0.4, -0.2) is 12.5 Å². The fraction of sp³-hybridized carbons (Fsp3) is 0.364. The van der Waals surface area contributed by atoms with E-state index in [0.717, 1.165) is 5.56 Å². The van der Waals surface area contributed by atoms with E-state index in [-0.39, 0.29) is 41.5 Å². The van der Waals surface area contributed by atoms with E-state index in [1.807, 2.05) is 30.3 Å². The molecule has 3 nitrogen and oxygen atoms in total. The Morgan fingerprint density at radius 2 is 2.00 bits per heavy atom. The summed E-state index contributed by atoms with van der Waals surface area (Å²) in [6.45, 7) is 0.567. The molecule has 0 amide bonds. The number of benzene rings is 1. The summed E-state index contributed by atoms with van der Waals surface area (Å²) in [5.74, 6) is -1.03. The third kappa shape index (κ3) is 6.51. The molecule has 0 aliphatic rings. The van der Waals surface area contributed by atoms with Crippen LogP contribution < -0.4 is 40.0 Å². The largest absolute Gasteiger partial charge is 1.00 e. The van der Waals surface area contributed by atoms with Crippen LogP contribution >= 0.6 is 11.6 Å². The Balaban J connectivity index is 0.00000225. The molecule has 0 bridgehead atoms. The molecule has 0 saturated carbocycles. The molecule has 5 heteroatoms. The second kappa shape index (κ2) is 9.02. The van der Waals surface area contributed by atoms with E-state index in [9.17, 15) is 9.90 Å². The molecule has 1 N–H and O–H groups in total. The van der Waals surface area contributed by atoms with E-state index >= 15 is 0 Å². The minimum Gasteiger partial charge on any atom is -0.550 e. The number of carbonyl (C=O) groups is 1. The molecule has 0 spiro atoms. The molecule has 0 aromatic heterocycles. The van der Waals surface area contributed by atoms with Gasteiger partial charge in [0.25, 0.3) is 0 Å². The van der Waals surface area contributed by atoms with Crippen LogP contribution in [0.3, 0.4) is 0 Å². The van der Waals surface area contributed by atoms with Crippen LogP contribution in [0.25, 0.3) is 0 Å². The van der Waals surface area contributed by atoms with Gasteiger partial charge < -0.3 is 9.90 Å². The Morgan fingerprint density at radius 3 is 2.56 bits per heavy atom. The minimum atomic E-state index is -1.03. The summed E-state index contributed by atoms with van der Waals surface area (Å²) in [4.78, 5) is 10.1. The van der Waals surface area contributed by atoms with Crippen molar-refractivity contribution in [1.29, 1.82) is 0 Å². The number of nitrogens with one attached hydrogen (secondary N) is 1. The predicted molar refractivity (Wildman–Crippen MR) is 57.3 cm³/mol. The van der Waals surface area contributed by atoms with E-state index in [4.69, 9.17) is 11.6 Å². The summed E-state index contributed by atoms with van der Waals surface area (Å²) in [5, 5.41) is 13.2. The maximum atomic E-state index is 10.1. The second-order valence-electron chi connectivity index (χ2n) is 3.20. The van der Waals surface area contributed by atoms with Crippen LogP contribution in [0, 0.1) is 0 Å². The molecule has 1 atom stereocenters. The molecule has 0 fully saturated rings. The van der Waals surface area contributed by atoms with Crippen molar-refractivity contribution in [1.82, 2.24) is 5.32 Å². The van der Waals surface area contributed by atoms with Crippen LogP contribution in [0.5, 0.6) is 0 Å². The molecule has 1 aromatic carbocycles. The quantitative estimate of drug-likeness (QED) is 0.276. The fourth-order valence-electron chi connectivity index (χ4n) is 1.20. The number of carbonyl (C=O) groups excluding carboxylic acids is 1. The summed E-state index contributed by atoms with van der Waals surface area (Å²) >= 11 is 6.05. The van der Waals surface area contributed by atoms with E-state index in [1.54, 1.807) is 0 Å². The molecular formula is C11H13ClNNaO2. The zero-order valence-electron chi connectivity index (χ0n) is 9.28. The van der Waals surface area contributed by atoms with Crippen molar-refractivity contribution < 1.29 is 39.5 Å². The molecule has 1 rings (SSSR count). The first-order valence-corrected chi connectivity index (χ1v) is 5.26. The van der Waals surface area contributed by atoms with Crippen LogP contribution in [0.2, 0.25) is 0 Å². The Hall–Kier alpha value is -0.0600. The van der Waals surface area contributed by atoms with Crippen LogP contribution in [-0.2, 0) is 4.79 Å². The molecule has 82 valence electrons. The van der Waals surface area contributed by atoms with Gasteiger partial charge in [-0.1, -0.05) is 30.3 Å². The second-order valence-corrected chi connectivity index (χ2v) is 3.64. The van der Waals surface area contributed by atoms with Crippen molar-refractivity contribution in [3.05, 3.63) is 35.9 Å². The summed E-state index contributed by atoms with van der Waals surface area (Å²) in [7, 11) is 0. The van der Waals surface area contributed by atoms with Gasteiger partial charge >= 0.3 is 29.6 Å². The maximum absolute atomic E-state index is 10.1. The number of carboxylic acid groups (broad SMARTS) is 1. The number of rotatable bonds is 6. The number of hydrogen-bond donors (Lipinski definition) is 1. The topological polar surface area (TPSA) is 52.2 Å². The average molecular weight is 250 g/mol. The molecule has 0 saturated heterocycles. The van der Waals surface area contributed by atoms with Gasteiger partial charge in [0.05, 0.1) is 0 Å². The van der Waals surface area contributed by atoms with Gasteiger partial charge in [-0.2, -0.15) is 0 Å². The zero-order valence-corrected chi connectivity index (χ0v) is 12.0. The number of aliphatic carboxylic acids is 1. The van der Waals surface area contributed by atoms with Gasteiger partial charge in [0.1, 0.15) is 5.50 Å². The Kier molecular flexibility index (Phi) is 8.99. The van der Waals surface area contributed by atoms with Crippen LogP contribution in [0.15, 0.2) is 30.3 Å². The van der Waals surface area contributed by atoms with Gasteiger partial charge in [-0.3, -0.25) is 5.32 Å². The maximum Gasteiger partial charge on any atom is 1.00 e. The van der Waals surface area contributed by atoms with Crippen molar-refractivity contribution in [2.24, 2.45) is 0 Å². The molecule has 0 heterocycles. The molecule has 1 unspecified atom stereocenters. The van der Waals surface area contributed by atoms with E-state index in [0.29, 0.717) is 13.0 Å². The minimum absolute atomic E-state index is 0. The van der Waals surface area contributed by atoms with Crippen molar-refractivity contribution in [2.75, 3.05) is 6.54 Å². The van der Waals surface area contributed by atoms with Gasteiger partial charge in [-0.25, -0.2) is 0 Å². The van der Waals surface area contributed by atoms with Crippen LogP contribution in [0.1, 0.15) is 23.9 Å². The predicted octanol–water partition coefficient (Wildman–Crippen LogP) is -1.95. The normalized spacial score (nSPS) is 11.6. The van der Waals surface area contributed by atoms with Crippen molar-refractivity contribution in [2.45, 2.75) is 18.3 Å². The summed E-state index contributed by atoms with van der Waals surface area (Å²) in [6, 6.07) is 9.58. The van der Waals surface area contributed by atoms with E-state index in [1.165, 1.54) is 0 Å². The van der Waals surface area contributed by atoms with Gasteiger partial charge in [0, 0.05) is 5.97 Å². The summed E-state index contributed by atoms with van der Waals surface area (Å²) in [6.07, 6.45) is 0.587. The number of hydrogen-bond acceptors (Lipinski definition) is 3. The first-order chi connectivity index (χ1) is 7.20. The van der Waals surface area contributed by atoms with E-state index in [2.05, 4.69) is 5.32 Å². The standard InChI is InChI=1S/C11H14ClNO2.Na/c12-11(9-5-2-1-3-6-9)13-8-4-7-10(14)15;/h1-3,5-6,11,13H,4,7-8H2,(H,14,15);/q;+1/p-1. The van der Waals surface area contributed by atoms with E-state index < -0.39 is 5.97 Å². The molecular weight excluding hydrogens is 237 g/mol. The molecule has 16 heavy (non-hydrogen) atoms. The van der Waals surface area contributed by atoms with Crippen molar-refractivity contribution in [3.8, 4) is 0 Å². The van der Waals surface area contributed by atoms with Gasteiger partial charge in [0.2, 0.25) is 0 Å². The SMILES string of the molecule is O=C([O-])CCCNC(Cl)c1ccccc1.[Na+]. The third-order valence-corrected chi connectivity index (χ3v) is 2.38. The summed E-state index contributed by atoms with van der Waals surface area (Å²) in [5.41, 5.74) is 0.709. The Bertz CT molecular complexity index is 308. The van der Waals surface area contributed by atoms with Gasteiger partial charge in [0.15, 0.2) is 0 Å². The van der Waals surface area contributed by atoms with Gasteiger partial charge in [-0.15, -0.1) is 11.6 Å². The van der Waals surface area contributed by atoms with Crippen LogP contribution in [0.4, 0.5) is 0 Å². The molecule has 0 aliphatic carbocycles. The first-order valence-electron chi connectivity index (χ1n) is 4.82. The Labute approximate surface area is 122 Å². The number of halogens is 1. The number of carboxylic acids is 1. The number of alkyl halides is 1. The summed E-state index contributed by atoms with van der Waals surface area (Å²) < 4.78 is 0. The smallest absolute Gasteiger partial charge is 0.550 e. The Morgan fingerprint density at radius 1 is 1.38 bits per heavy atom. The van der Waals surface area contributed by atoms with Crippen molar-refractivity contribution >= 4 is 17.6 Å². The third-order valence-electron chi connectivity index (χ3n) is 1.97. The fourth-order valence-corrected chi connectivity index (χ4v) is 1.46. The average Bonchev–Trinajstić information content (AvgIpc) is 2.25. The molecule has 0 radical (unpaired) electrons. The monoisotopic (exact) mass is 249 g/mol. The van der Waals surface area contributed by atoms with Gasteiger partial charge in [-0.05, 0) is 24.9 Å². The first kappa shape index (κ1) is 15.9. The zero-order chi connectivity index (χ0) is 11.1. The molecule has 1 aromatic rings.